The molecule has 2 aromatic heterocycles. The maximum Gasteiger partial charge on any atom is 0.227 e. The van der Waals surface area contributed by atoms with Gasteiger partial charge in [0.25, 0.3) is 0 Å². The van der Waals surface area contributed by atoms with Crippen LogP contribution in [-0.2, 0) is 0 Å². The van der Waals surface area contributed by atoms with Crippen molar-refractivity contribution in [1.29, 1.82) is 0 Å². The first kappa shape index (κ1) is 31.0. The van der Waals surface area contributed by atoms with Gasteiger partial charge < -0.3 is 8.83 Å². The Morgan fingerprint density at radius 1 is 0.231 bits per heavy atom. The van der Waals surface area contributed by atoms with Gasteiger partial charge in [0.15, 0.2) is 11.5 Å². The van der Waals surface area contributed by atoms with Crippen molar-refractivity contribution in [3.8, 4) is 90.3 Å². The third-order valence-electron chi connectivity index (χ3n) is 9.24. The van der Waals surface area contributed by atoms with Crippen molar-refractivity contribution >= 4 is 0 Å². The standard InChI is InChI=1S/C48H32N2O2/c1-5-13-37(14-6-1)43-45(39-17-9-3-10-18-39)51-47(49-43)41-29-25-35(26-30-41)33-21-23-34(24-22-33)36-27-31-42(32-28-36)48-50-44(38-15-7-2-8-16-38)46(52-48)40-19-11-4-12-20-40/h1-32H. The van der Waals surface area contributed by atoms with Gasteiger partial charge in [-0.2, -0.15) is 0 Å². The predicted octanol–water partition coefficient (Wildman–Crippen LogP) is 13.0. The Hall–Kier alpha value is -7.04. The lowest BCUT2D eigenvalue weighted by Gasteiger charge is -2.06. The van der Waals surface area contributed by atoms with Crippen molar-refractivity contribution in [3.05, 3.63) is 194 Å². The summed E-state index contributed by atoms with van der Waals surface area (Å²) in [5.41, 5.74) is 12.1. The summed E-state index contributed by atoms with van der Waals surface area (Å²) >= 11 is 0. The van der Waals surface area contributed by atoms with Crippen molar-refractivity contribution in [2.24, 2.45) is 0 Å². The van der Waals surface area contributed by atoms with Crippen LogP contribution < -0.4 is 0 Å². The molecule has 0 N–H and O–H groups in total. The zero-order chi connectivity index (χ0) is 34.7. The molecule has 7 aromatic carbocycles. The van der Waals surface area contributed by atoms with E-state index in [1.54, 1.807) is 0 Å². The largest absolute Gasteiger partial charge is 0.435 e. The quantitative estimate of drug-likeness (QED) is 0.162. The van der Waals surface area contributed by atoms with E-state index in [1.807, 2.05) is 72.8 Å². The zero-order valence-electron chi connectivity index (χ0n) is 28.2. The minimum absolute atomic E-state index is 0.598. The van der Waals surface area contributed by atoms with E-state index in [2.05, 4.69) is 121 Å². The van der Waals surface area contributed by atoms with Gasteiger partial charge in [0, 0.05) is 33.4 Å². The highest BCUT2D eigenvalue weighted by molar-refractivity contribution is 5.81. The molecule has 9 rings (SSSR count). The predicted molar refractivity (Wildman–Crippen MR) is 210 cm³/mol. The molecule has 9 aromatic rings. The van der Waals surface area contributed by atoms with E-state index in [0.717, 1.165) is 78.5 Å². The van der Waals surface area contributed by atoms with Crippen LogP contribution >= 0.6 is 0 Å². The fraction of sp³-hybridized carbons (Fsp3) is 0. The average molecular weight is 669 g/mol. The van der Waals surface area contributed by atoms with Gasteiger partial charge in [0.05, 0.1) is 0 Å². The molecular formula is C48H32N2O2. The van der Waals surface area contributed by atoms with Gasteiger partial charge in [-0.1, -0.05) is 170 Å². The van der Waals surface area contributed by atoms with E-state index in [0.29, 0.717) is 11.8 Å². The number of nitrogens with zero attached hydrogens (tertiary/aromatic N) is 2. The molecule has 0 radical (unpaired) electrons. The molecule has 4 heteroatoms. The molecular weight excluding hydrogens is 637 g/mol. The van der Waals surface area contributed by atoms with E-state index in [1.165, 1.54) is 0 Å². The smallest absolute Gasteiger partial charge is 0.227 e. The maximum atomic E-state index is 6.41. The summed E-state index contributed by atoms with van der Waals surface area (Å²) in [5, 5.41) is 0. The Morgan fingerprint density at radius 2 is 0.481 bits per heavy atom. The van der Waals surface area contributed by atoms with E-state index in [-0.39, 0.29) is 0 Å². The number of oxazole rings is 2. The van der Waals surface area contributed by atoms with Crippen LogP contribution in [-0.4, -0.2) is 9.97 Å². The lowest BCUT2D eigenvalue weighted by molar-refractivity contribution is 0.589. The molecule has 0 bridgehead atoms. The monoisotopic (exact) mass is 668 g/mol. The summed E-state index contributed by atoms with van der Waals surface area (Å²) in [6, 6.07) is 66.1. The Bertz CT molecular complexity index is 2260. The number of rotatable bonds is 8. The molecule has 0 aliphatic carbocycles. The first-order chi connectivity index (χ1) is 25.8. The van der Waals surface area contributed by atoms with E-state index in [4.69, 9.17) is 18.8 Å². The second kappa shape index (κ2) is 13.7. The van der Waals surface area contributed by atoms with E-state index < -0.39 is 0 Å². The molecule has 0 unspecified atom stereocenters. The van der Waals surface area contributed by atoms with Gasteiger partial charge in [-0.25, -0.2) is 9.97 Å². The molecule has 0 aliphatic heterocycles. The number of hydrogen-bond acceptors (Lipinski definition) is 4. The highest BCUT2D eigenvalue weighted by Crippen LogP contribution is 2.38. The van der Waals surface area contributed by atoms with E-state index in [9.17, 15) is 0 Å². The normalized spacial score (nSPS) is 11.1. The highest BCUT2D eigenvalue weighted by Gasteiger charge is 2.19. The third kappa shape index (κ3) is 6.14. The van der Waals surface area contributed by atoms with Gasteiger partial charge in [0.1, 0.15) is 11.4 Å². The second-order valence-corrected chi connectivity index (χ2v) is 12.6. The van der Waals surface area contributed by atoms with Crippen molar-refractivity contribution in [3.63, 3.8) is 0 Å². The zero-order valence-corrected chi connectivity index (χ0v) is 28.2. The second-order valence-electron chi connectivity index (χ2n) is 12.6. The molecule has 2 heterocycles. The maximum absolute atomic E-state index is 6.41. The van der Waals surface area contributed by atoms with Crippen LogP contribution in [0.3, 0.4) is 0 Å². The highest BCUT2D eigenvalue weighted by atomic mass is 16.4. The summed E-state index contributed by atoms with van der Waals surface area (Å²) in [6.45, 7) is 0. The summed E-state index contributed by atoms with van der Waals surface area (Å²) in [5.74, 6) is 2.73. The van der Waals surface area contributed by atoms with Gasteiger partial charge in [-0.15, -0.1) is 0 Å². The van der Waals surface area contributed by atoms with Crippen molar-refractivity contribution < 1.29 is 8.83 Å². The summed E-state index contributed by atoms with van der Waals surface area (Å²) in [6.07, 6.45) is 0. The number of benzene rings is 7. The molecule has 0 saturated heterocycles. The molecule has 246 valence electrons. The molecule has 0 fully saturated rings. The molecule has 0 saturated carbocycles. The molecule has 0 amide bonds. The summed E-state index contributed by atoms with van der Waals surface area (Å²) in [4.78, 5) is 9.91. The lowest BCUT2D eigenvalue weighted by atomic mass is 9.99. The van der Waals surface area contributed by atoms with Gasteiger partial charge in [0.2, 0.25) is 11.8 Å². The Balaban J connectivity index is 0.952. The summed E-state index contributed by atoms with van der Waals surface area (Å²) in [7, 11) is 0. The van der Waals surface area contributed by atoms with Crippen LogP contribution in [0, 0.1) is 0 Å². The summed E-state index contributed by atoms with van der Waals surface area (Å²) < 4.78 is 12.8. The van der Waals surface area contributed by atoms with Crippen LogP contribution in [0.15, 0.2) is 203 Å². The molecule has 0 aliphatic rings. The minimum atomic E-state index is 0.598. The molecule has 4 nitrogen and oxygen atoms in total. The first-order valence-electron chi connectivity index (χ1n) is 17.3. The van der Waals surface area contributed by atoms with Crippen LogP contribution in [0.1, 0.15) is 0 Å². The number of aromatic nitrogens is 2. The van der Waals surface area contributed by atoms with Crippen LogP contribution in [0.5, 0.6) is 0 Å². The van der Waals surface area contributed by atoms with Crippen molar-refractivity contribution in [2.75, 3.05) is 0 Å². The SMILES string of the molecule is c1ccc(-c2nc(-c3ccc(-c4ccc(-c5ccc(-c6nc(-c7ccccc7)c(-c7ccccc7)o6)cc5)cc4)cc3)oc2-c2ccccc2)cc1. The van der Waals surface area contributed by atoms with Gasteiger partial charge in [-0.3, -0.25) is 0 Å². The number of hydrogen-bond donors (Lipinski definition) is 0. The van der Waals surface area contributed by atoms with Crippen LogP contribution in [0.4, 0.5) is 0 Å². The lowest BCUT2D eigenvalue weighted by Crippen LogP contribution is -1.84. The van der Waals surface area contributed by atoms with Crippen molar-refractivity contribution in [2.45, 2.75) is 0 Å². The average Bonchev–Trinajstić information content (AvgIpc) is 3.89. The van der Waals surface area contributed by atoms with Gasteiger partial charge >= 0.3 is 0 Å². The van der Waals surface area contributed by atoms with Crippen LogP contribution in [0.2, 0.25) is 0 Å². The van der Waals surface area contributed by atoms with Gasteiger partial charge in [-0.05, 0) is 46.5 Å². The molecule has 0 atom stereocenters. The van der Waals surface area contributed by atoms with E-state index >= 15 is 0 Å². The first-order valence-corrected chi connectivity index (χ1v) is 17.3. The van der Waals surface area contributed by atoms with Crippen LogP contribution in [0.25, 0.3) is 90.3 Å². The third-order valence-corrected chi connectivity index (χ3v) is 9.24. The minimum Gasteiger partial charge on any atom is -0.435 e. The molecule has 0 spiro atoms. The Kier molecular flexibility index (Phi) is 8.16. The Morgan fingerprint density at radius 3 is 0.769 bits per heavy atom. The topological polar surface area (TPSA) is 52.1 Å². The fourth-order valence-electron chi connectivity index (χ4n) is 6.51. The Labute approximate surface area is 302 Å². The fourth-order valence-corrected chi connectivity index (χ4v) is 6.51. The van der Waals surface area contributed by atoms with Crippen molar-refractivity contribution in [1.82, 2.24) is 9.97 Å². The molecule has 52 heavy (non-hydrogen) atoms.